The largest absolute Gasteiger partial charge is 0.496 e. The highest BCUT2D eigenvalue weighted by Gasteiger charge is 2.09. The molecule has 0 aliphatic heterocycles. The van der Waals surface area contributed by atoms with Crippen molar-refractivity contribution >= 4 is 5.97 Å². The zero-order valence-corrected chi connectivity index (χ0v) is 13.5. The third-order valence-corrected chi connectivity index (χ3v) is 3.46. The quantitative estimate of drug-likeness (QED) is 0.770. The summed E-state index contributed by atoms with van der Waals surface area (Å²) in [4.78, 5) is 11.9. The van der Waals surface area contributed by atoms with Crippen molar-refractivity contribution in [2.75, 3.05) is 7.11 Å². The molecule has 118 valence electrons. The number of esters is 1. The molecular formula is C17H22N2O3. The Hall–Kier alpha value is -2.30. The first kappa shape index (κ1) is 16.1. The molecule has 2 aromatic rings. The zero-order chi connectivity index (χ0) is 16.1. The van der Waals surface area contributed by atoms with Gasteiger partial charge in [-0.05, 0) is 39.0 Å². The number of benzene rings is 1. The van der Waals surface area contributed by atoms with Crippen molar-refractivity contribution in [3.05, 3.63) is 46.8 Å². The number of rotatable bonds is 6. The maximum atomic E-state index is 11.9. The van der Waals surface area contributed by atoms with Gasteiger partial charge in [0.25, 0.3) is 0 Å². The number of nitrogens with zero attached hydrogens (tertiary/aromatic N) is 2. The molecule has 0 atom stereocenters. The van der Waals surface area contributed by atoms with Crippen LogP contribution in [0, 0.1) is 20.8 Å². The van der Waals surface area contributed by atoms with Gasteiger partial charge >= 0.3 is 5.97 Å². The van der Waals surface area contributed by atoms with E-state index in [0.29, 0.717) is 13.0 Å². The molecular weight excluding hydrogens is 280 g/mol. The second-order valence-electron chi connectivity index (χ2n) is 5.38. The third-order valence-electron chi connectivity index (χ3n) is 3.46. The zero-order valence-electron chi connectivity index (χ0n) is 13.5. The molecule has 0 radical (unpaired) electrons. The fourth-order valence-electron chi connectivity index (χ4n) is 2.35. The molecule has 0 bridgehead atoms. The van der Waals surface area contributed by atoms with Crippen molar-refractivity contribution in [1.29, 1.82) is 0 Å². The molecule has 0 saturated carbocycles. The maximum Gasteiger partial charge on any atom is 0.308 e. The van der Waals surface area contributed by atoms with Gasteiger partial charge in [-0.3, -0.25) is 9.48 Å². The Balaban J connectivity index is 1.88. The van der Waals surface area contributed by atoms with Crippen LogP contribution < -0.4 is 4.74 Å². The van der Waals surface area contributed by atoms with Gasteiger partial charge in [-0.25, -0.2) is 0 Å². The lowest BCUT2D eigenvalue weighted by Gasteiger charge is -2.10. The monoisotopic (exact) mass is 302 g/mol. The topological polar surface area (TPSA) is 53.4 Å². The SMILES string of the molecule is COc1ccc(C)cc1COC(=O)CCn1nc(C)cc1C. The molecule has 0 spiro atoms. The molecule has 22 heavy (non-hydrogen) atoms. The lowest BCUT2D eigenvalue weighted by atomic mass is 10.1. The van der Waals surface area contributed by atoms with Crippen LogP contribution >= 0.6 is 0 Å². The standard InChI is InChI=1S/C17H22N2O3/c1-12-5-6-16(21-4)15(9-12)11-22-17(20)7-8-19-14(3)10-13(2)18-19/h5-6,9-10H,7-8,11H2,1-4H3. The Morgan fingerprint density at radius 2 is 2.00 bits per heavy atom. The number of methoxy groups -OCH3 is 1. The van der Waals surface area contributed by atoms with Crippen molar-refractivity contribution in [2.45, 2.75) is 40.3 Å². The molecule has 1 heterocycles. The molecule has 0 saturated heterocycles. The number of hydrogen-bond donors (Lipinski definition) is 0. The van der Waals surface area contributed by atoms with Gasteiger partial charge in [0, 0.05) is 11.3 Å². The van der Waals surface area contributed by atoms with Crippen LogP contribution in [0.3, 0.4) is 0 Å². The van der Waals surface area contributed by atoms with Gasteiger partial charge in [-0.2, -0.15) is 5.10 Å². The lowest BCUT2D eigenvalue weighted by Crippen LogP contribution is -2.11. The van der Waals surface area contributed by atoms with E-state index < -0.39 is 0 Å². The summed E-state index contributed by atoms with van der Waals surface area (Å²) < 4.78 is 12.4. The van der Waals surface area contributed by atoms with E-state index in [-0.39, 0.29) is 12.6 Å². The van der Waals surface area contributed by atoms with Crippen LogP contribution in [0.5, 0.6) is 5.75 Å². The molecule has 1 aromatic heterocycles. The fourth-order valence-corrected chi connectivity index (χ4v) is 2.35. The summed E-state index contributed by atoms with van der Waals surface area (Å²) in [6.07, 6.45) is 0.302. The Bertz CT molecular complexity index is 662. The van der Waals surface area contributed by atoms with Crippen molar-refractivity contribution in [3.63, 3.8) is 0 Å². The second-order valence-corrected chi connectivity index (χ2v) is 5.38. The van der Waals surface area contributed by atoms with Gasteiger partial charge in [0.2, 0.25) is 0 Å². The Labute approximate surface area is 130 Å². The van der Waals surface area contributed by atoms with E-state index in [1.165, 1.54) is 0 Å². The minimum atomic E-state index is -0.240. The molecule has 0 fully saturated rings. The molecule has 0 unspecified atom stereocenters. The molecule has 0 aliphatic carbocycles. The summed E-state index contributed by atoms with van der Waals surface area (Å²) in [7, 11) is 1.61. The summed E-state index contributed by atoms with van der Waals surface area (Å²) >= 11 is 0. The third kappa shape index (κ3) is 4.10. The van der Waals surface area contributed by atoms with Crippen molar-refractivity contribution in [2.24, 2.45) is 0 Å². The summed E-state index contributed by atoms with van der Waals surface area (Å²) in [5, 5.41) is 4.33. The van der Waals surface area contributed by atoms with Gasteiger partial charge in [-0.1, -0.05) is 11.6 Å². The predicted molar refractivity (Wildman–Crippen MR) is 83.8 cm³/mol. The van der Waals surface area contributed by atoms with E-state index in [1.807, 2.05) is 49.7 Å². The van der Waals surface area contributed by atoms with E-state index in [4.69, 9.17) is 9.47 Å². The van der Waals surface area contributed by atoms with Gasteiger partial charge in [-0.15, -0.1) is 0 Å². The Morgan fingerprint density at radius 3 is 2.64 bits per heavy atom. The van der Waals surface area contributed by atoms with E-state index in [2.05, 4.69) is 5.10 Å². The smallest absolute Gasteiger partial charge is 0.308 e. The molecule has 0 aliphatic rings. The number of aryl methyl sites for hydroxylation is 4. The molecule has 5 nitrogen and oxygen atoms in total. The first-order valence-corrected chi connectivity index (χ1v) is 7.30. The van der Waals surface area contributed by atoms with E-state index in [0.717, 1.165) is 28.3 Å². The normalized spacial score (nSPS) is 10.5. The Kier molecular flexibility index (Phi) is 5.20. The van der Waals surface area contributed by atoms with E-state index in [9.17, 15) is 4.79 Å². The average Bonchev–Trinajstić information content (AvgIpc) is 2.81. The fraction of sp³-hybridized carbons (Fsp3) is 0.412. The van der Waals surface area contributed by atoms with Crippen LogP contribution in [0.15, 0.2) is 24.3 Å². The minimum Gasteiger partial charge on any atom is -0.496 e. The van der Waals surface area contributed by atoms with Gasteiger partial charge in [0.15, 0.2) is 0 Å². The predicted octanol–water partition coefficient (Wildman–Crippen LogP) is 2.95. The van der Waals surface area contributed by atoms with Crippen molar-refractivity contribution in [3.8, 4) is 5.75 Å². The summed E-state index contributed by atoms with van der Waals surface area (Å²) in [6.45, 7) is 6.66. The van der Waals surface area contributed by atoms with Crippen LogP contribution in [-0.4, -0.2) is 22.9 Å². The van der Waals surface area contributed by atoms with Crippen LogP contribution in [0.2, 0.25) is 0 Å². The van der Waals surface area contributed by atoms with E-state index >= 15 is 0 Å². The number of carbonyl (C=O) groups excluding carboxylic acids is 1. The van der Waals surface area contributed by atoms with Gasteiger partial charge < -0.3 is 9.47 Å². The van der Waals surface area contributed by atoms with E-state index in [1.54, 1.807) is 7.11 Å². The van der Waals surface area contributed by atoms with Crippen molar-refractivity contribution < 1.29 is 14.3 Å². The summed E-state index contributed by atoms with van der Waals surface area (Å²) in [6, 6.07) is 7.80. The summed E-state index contributed by atoms with van der Waals surface area (Å²) in [5.74, 6) is 0.494. The van der Waals surface area contributed by atoms with Crippen LogP contribution in [-0.2, 0) is 22.7 Å². The highest BCUT2D eigenvalue weighted by Crippen LogP contribution is 2.20. The van der Waals surface area contributed by atoms with Crippen molar-refractivity contribution in [1.82, 2.24) is 9.78 Å². The molecule has 2 rings (SSSR count). The first-order chi connectivity index (χ1) is 10.5. The molecule has 1 aromatic carbocycles. The first-order valence-electron chi connectivity index (χ1n) is 7.30. The number of carbonyl (C=O) groups is 1. The number of ether oxygens (including phenoxy) is 2. The number of aromatic nitrogens is 2. The molecule has 0 N–H and O–H groups in total. The number of hydrogen-bond acceptors (Lipinski definition) is 4. The summed E-state index contributed by atoms with van der Waals surface area (Å²) in [5.41, 5.74) is 3.98. The van der Waals surface area contributed by atoms with Gasteiger partial charge in [0.1, 0.15) is 12.4 Å². The second kappa shape index (κ2) is 7.11. The minimum absolute atomic E-state index is 0.223. The highest BCUT2D eigenvalue weighted by molar-refractivity contribution is 5.69. The lowest BCUT2D eigenvalue weighted by molar-refractivity contribution is -0.145. The van der Waals surface area contributed by atoms with Crippen LogP contribution in [0.1, 0.15) is 28.9 Å². The van der Waals surface area contributed by atoms with Crippen LogP contribution in [0.25, 0.3) is 0 Å². The highest BCUT2D eigenvalue weighted by atomic mass is 16.5. The Morgan fingerprint density at radius 1 is 1.23 bits per heavy atom. The average molecular weight is 302 g/mol. The van der Waals surface area contributed by atoms with Crippen LogP contribution in [0.4, 0.5) is 0 Å². The van der Waals surface area contributed by atoms with Gasteiger partial charge in [0.05, 0.1) is 25.8 Å². The maximum absolute atomic E-state index is 11.9. The molecule has 0 amide bonds. The molecule has 5 heteroatoms.